The van der Waals surface area contributed by atoms with Gasteiger partial charge < -0.3 is 0 Å². The van der Waals surface area contributed by atoms with Gasteiger partial charge in [0.25, 0.3) is 0 Å². The second kappa shape index (κ2) is 7.67. The molecule has 32 heavy (non-hydrogen) atoms. The Bertz CT molecular complexity index is 1620. The van der Waals surface area contributed by atoms with Crippen molar-refractivity contribution in [1.82, 2.24) is 0 Å². The summed E-state index contributed by atoms with van der Waals surface area (Å²) in [5.74, 6) is 0. The van der Waals surface area contributed by atoms with Crippen LogP contribution in [0.2, 0.25) is 10.0 Å². The topological polar surface area (TPSA) is 0 Å². The van der Waals surface area contributed by atoms with Crippen LogP contribution in [0.15, 0.2) is 109 Å². The Morgan fingerprint density at radius 1 is 0.375 bits per heavy atom. The first kappa shape index (κ1) is 19.4. The smallest absolute Gasteiger partial charge is 0.0412 e. The molecule has 0 nitrogen and oxygen atoms in total. The van der Waals surface area contributed by atoms with E-state index >= 15 is 0 Å². The van der Waals surface area contributed by atoms with Gasteiger partial charge in [0.15, 0.2) is 0 Å². The van der Waals surface area contributed by atoms with E-state index < -0.39 is 0 Å². The summed E-state index contributed by atoms with van der Waals surface area (Å²) in [6.07, 6.45) is 0. The highest BCUT2D eigenvalue weighted by Gasteiger charge is 2.17. The number of rotatable bonds is 2. The molecule has 0 bridgehead atoms. The molecule has 2 heteroatoms. The Balaban J connectivity index is 1.89. The molecule has 0 amide bonds. The van der Waals surface area contributed by atoms with E-state index in [4.69, 9.17) is 23.2 Å². The molecule has 0 saturated heterocycles. The zero-order valence-electron chi connectivity index (χ0n) is 17.1. The van der Waals surface area contributed by atoms with Crippen LogP contribution >= 0.6 is 23.2 Å². The Morgan fingerprint density at radius 3 is 1.53 bits per heavy atom. The predicted molar refractivity (Wildman–Crippen MR) is 140 cm³/mol. The first-order valence-electron chi connectivity index (χ1n) is 10.6. The lowest BCUT2D eigenvalue weighted by Gasteiger charge is -2.19. The number of fused-ring (bicyclic) bond motifs is 3. The van der Waals surface area contributed by atoms with E-state index in [2.05, 4.69) is 91.0 Å². The molecule has 0 radical (unpaired) electrons. The standard InChI is InChI=1S/C30H18Cl2/c31-23-12-10-20(11-13-23)30-27-17-22-9-5-4-8-21(22)16-26(27)29(19-6-2-1-3-7-19)25-15-14-24(32)18-28(25)30/h1-18H. The van der Waals surface area contributed by atoms with E-state index in [1.807, 2.05) is 18.2 Å². The summed E-state index contributed by atoms with van der Waals surface area (Å²) >= 11 is 12.7. The number of hydrogen-bond acceptors (Lipinski definition) is 0. The first-order valence-corrected chi connectivity index (χ1v) is 11.3. The van der Waals surface area contributed by atoms with Gasteiger partial charge in [0.2, 0.25) is 0 Å². The molecule has 0 N–H and O–H groups in total. The normalized spacial score (nSPS) is 11.4. The fourth-order valence-corrected chi connectivity index (χ4v) is 5.03. The van der Waals surface area contributed by atoms with Crippen LogP contribution in [0, 0.1) is 0 Å². The molecule has 0 aromatic heterocycles. The number of halogens is 2. The molecule has 0 aliphatic rings. The quantitative estimate of drug-likeness (QED) is 0.231. The molecule has 0 heterocycles. The van der Waals surface area contributed by atoms with Crippen molar-refractivity contribution < 1.29 is 0 Å². The molecule has 0 aliphatic heterocycles. The molecule has 0 spiro atoms. The molecule has 0 aliphatic carbocycles. The van der Waals surface area contributed by atoms with Crippen molar-refractivity contribution in [3.05, 3.63) is 119 Å². The minimum Gasteiger partial charge on any atom is -0.0843 e. The van der Waals surface area contributed by atoms with Gasteiger partial charge in [-0.1, -0.05) is 96.0 Å². The van der Waals surface area contributed by atoms with Crippen molar-refractivity contribution in [1.29, 1.82) is 0 Å². The lowest BCUT2D eigenvalue weighted by atomic mass is 9.85. The van der Waals surface area contributed by atoms with Gasteiger partial charge in [0, 0.05) is 10.0 Å². The third-order valence-electron chi connectivity index (χ3n) is 6.14. The van der Waals surface area contributed by atoms with Crippen LogP contribution in [0.3, 0.4) is 0 Å². The van der Waals surface area contributed by atoms with E-state index in [1.165, 1.54) is 43.6 Å². The highest BCUT2D eigenvalue weighted by molar-refractivity contribution is 6.33. The second-order valence-corrected chi connectivity index (χ2v) is 8.93. The Labute approximate surface area is 196 Å². The van der Waals surface area contributed by atoms with E-state index in [1.54, 1.807) is 0 Å². The van der Waals surface area contributed by atoms with Crippen LogP contribution in [0.1, 0.15) is 0 Å². The average Bonchev–Trinajstić information content (AvgIpc) is 2.83. The van der Waals surface area contributed by atoms with Crippen molar-refractivity contribution >= 4 is 55.5 Å². The van der Waals surface area contributed by atoms with Crippen LogP contribution in [0.25, 0.3) is 54.6 Å². The third-order valence-corrected chi connectivity index (χ3v) is 6.63. The molecule has 0 atom stereocenters. The van der Waals surface area contributed by atoms with Crippen molar-refractivity contribution in [3.8, 4) is 22.3 Å². The highest BCUT2D eigenvalue weighted by atomic mass is 35.5. The van der Waals surface area contributed by atoms with Crippen molar-refractivity contribution in [2.75, 3.05) is 0 Å². The SMILES string of the molecule is Clc1ccc(-c2c3cc(Cl)ccc3c(-c3ccccc3)c3cc4ccccc4cc23)cc1. The monoisotopic (exact) mass is 448 g/mol. The first-order chi connectivity index (χ1) is 15.7. The van der Waals surface area contributed by atoms with Crippen LogP contribution < -0.4 is 0 Å². The summed E-state index contributed by atoms with van der Waals surface area (Å²) in [6.45, 7) is 0. The summed E-state index contributed by atoms with van der Waals surface area (Å²) < 4.78 is 0. The molecule has 6 rings (SSSR count). The van der Waals surface area contributed by atoms with E-state index in [0.29, 0.717) is 0 Å². The van der Waals surface area contributed by atoms with Crippen LogP contribution in [0.5, 0.6) is 0 Å². The van der Waals surface area contributed by atoms with Crippen molar-refractivity contribution in [3.63, 3.8) is 0 Å². The fraction of sp³-hybridized carbons (Fsp3) is 0. The van der Waals surface area contributed by atoms with Crippen molar-refractivity contribution in [2.24, 2.45) is 0 Å². The molecular weight excluding hydrogens is 431 g/mol. The maximum Gasteiger partial charge on any atom is 0.0412 e. The van der Waals surface area contributed by atoms with Crippen LogP contribution in [0.4, 0.5) is 0 Å². The molecule has 152 valence electrons. The maximum absolute atomic E-state index is 6.53. The van der Waals surface area contributed by atoms with Gasteiger partial charge in [-0.25, -0.2) is 0 Å². The van der Waals surface area contributed by atoms with Gasteiger partial charge in [0.05, 0.1) is 0 Å². The number of hydrogen-bond donors (Lipinski definition) is 0. The van der Waals surface area contributed by atoms with Gasteiger partial charge >= 0.3 is 0 Å². The number of benzene rings is 6. The minimum atomic E-state index is 0.728. The molecule has 0 saturated carbocycles. The van der Waals surface area contributed by atoms with E-state index in [-0.39, 0.29) is 0 Å². The molecular formula is C30H18Cl2. The summed E-state index contributed by atoms with van der Waals surface area (Å²) in [4.78, 5) is 0. The highest BCUT2D eigenvalue weighted by Crippen LogP contribution is 2.45. The average molecular weight is 449 g/mol. The summed E-state index contributed by atoms with van der Waals surface area (Å²) in [5.41, 5.74) is 4.74. The van der Waals surface area contributed by atoms with Crippen LogP contribution in [-0.4, -0.2) is 0 Å². The Kier molecular flexibility index (Phi) is 4.64. The summed E-state index contributed by atoms with van der Waals surface area (Å²) in [6, 6.07) is 38.1. The van der Waals surface area contributed by atoms with Crippen LogP contribution in [-0.2, 0) is 0 Å². The van der Waals surface area contributed by atoms with Gasteiger partial charge in [-0.2, -0.15) is 0 Å². The summed E-state index contributed by atoms with van der Waals surface area (Å²) in [7, 11) is 0. The van der Waals surface area contributed by atoms with Gasteiger partial charge in [0.1, 0.15) is 0 Å². The van der Waals surface area contributed by atoms with Gasteiger partial charge in [-0.3, -0.25) is 0 Å². The predicted octanol–water partition coefficient (Wildman–Crippen LogP) is 9.79. The fourth-order valence-electron chi connectivity index (χ4n) is 4.73. The largest absolute Gasteiger partial charge is 0.0843 e. The minimum absolute atomic E-state index is 0.728. The van der Waals surface area contributed by atoms with Crippen molar-refractivity contribution in [2.45, 2.75) is 0 Å². The maximum atomic E-state index is 6.53. The van der Waals surface area contributed by atoms with E-state index in [9.17, 15) is 0 Å². The zero-order chi connectivity index (χ0) is 21.7. The zero-order valence-corrected chi connectivity index (χ0v) is 18.7. The van der Waals surface area contributed by atoms with E-state index in [0.717, 1.165) is 21.0 Å². The van der Waals surface area contributed by atoms with Gasteiger partial charge in [-0.05, 0) is 91.0 Å². The Hall–Kier alpha value is -3.32. The Morgan fingerprint density at radius 2 is 0.875 bits per heavy atom. The molecule has 6 aromatic rings. The molecule has 0 unspecified atom stereocenters. The summed E-state index contributed by atoms with van der Waals surface area (Å²) in [5, 5.41) is 8.67. The molecule has 0 fully saturated rings. The van der Waals surface area contributed by atoms with Gasteiger partial charge in [-0.15, -0.1) is 0 Å². The third kappa shape index (κ3) is 3.15. The lowest BCUT2D eigenvalue weighted by Crippen LogP contribution is -1.91. The molecule has 6 aromatic carbocycles. The second-order valence-electron chi connectivity index (χ2n) is 8.06. The lowest BCUT2D eigenvalue weighted by molar-refractivity contribution is 1.65.